The van der Waals surface area contributed by atoms with E-state index < -0.39 is 6.04 Å². The van der Waals surface area contributed by atoms with Crippen LogP contribution in [0.25, 0.3) is 0 Å². The van der Waals surface area contributed by atoms with Crippen molar-refractivity contribution >= 4 is 11.8 Å². The maximum absolute atomic E-state index is 12.0. The molecule has 0 spiro atoms. The van der Waals surface area contributed by atoms with Crippen LogP contribution in [0, 0.1) is 5.41 Å². The van der Waals surface area contributed by atoms with Crippen molar-refractivity contribution in [3.05, 3.63) is 0 Å². The maximum Gasteiger partial charge on any atom is 0.242 e. The zero-order chi connectivity index (χ0) is 12.2. The fourth-order valence-corrected chi connectivity index (χ4v) is 1.86. The summed E-state index contributed by atoms with van der Waals surface area (Å²) in [5, 5.41) is 8.50. The summed E-state index contributed by atoms with van der Waals surface area (Å²) in [6.45, 7) is 5.37. The third-order valence-corrected chi connectivity index (χ3v) is 3.24. The summed E-state index contributed by atoms with van der Waals surface area (Å²) in [6, 6.07) is -0.468. The van der Waals surface area contributed by atoms with Crippen LogP contribution >= 0.6 is 0 Å². The van der Waals surface area contributed by atoms with Gasteiger partial charge in [0.2, 0.25) is 11.8 Å². The molecule has 0 aromatic rings. The Hall–Kier alpha value is -1.10. The van der Waals surface area contributed by atoms with Crippen LogP contribution in [0.5, 0.6) is 0 Å². The largest absolute Gasteiger partial charge is 0.357 e. The highest BCUT2D eigenvalue weighted by molar-refractivity contribution is 5.89. The summed E-state index contributed by atoms with van der Waals surface area (Å²) in [6.07, 6.45) is 1.64. The number of nitrogens with one attached hydrogen (secondary N) is 3. The van der Waals surface area contributed by atoms with Crippen molar-refractivity contribution in [2.45, 2.75) is 32.7 Å². The van der Waals surface area contributed by atoms with E-state index in [-0.39, 0.29) is 17.2 Å². The Morgan fingerprint density at radius 1 is 1.31 bits per heavy atom. The number of piperidine rings is 1. The van der Waals surface area contributed by atoms with Gasteiger partial charge in [0.05, 0.1) is 0 Å². The van der Waals surface area contributed by atoms with Gasteiger partial charge in [-0.25, -0.2) is 0 Å². The van der Waals surface area contributed by atoms with Gasteiger partial charge in [-0.15, -0.1) is 0 Å². The molecule has 0 saturated carbocycles. The molecule has 0 aliphatic carbocycles. The monoisotopic (exact) mass is 227 g/mol. The Kier molecular flexibility index (Phi) is 4.29. The van der Waals surface area contributed by atoms with Crippen molar-refractivity contribution in [3.8, 4) is 0 Å². The molecule has 1 atom stereocenters. The summed E-state index contributed by atoms with van der Waals surface area (Å²) in [4.78, 5) is 23.3. The molecule has 16 heavy (non-hydrogen) atoms. The van der Waals surface area contributed by atoms with Crippen molar-refractivity contribution < 1.29 is 9.59 Å². The Balaban J connectivity index is 2.53. The van der Waals surface area contributed by atoms with Crippen LogP contribution < -0.4 is 16.0 Å². The normalized spacial score (nSPS) is 20.9. The highest BCUT2D eigenvalue weighted by Gasteiger charge is 2.35. The molecule has 1 heterocycles. The summed E-state index contributed by atoms with van der Waals surface area (Å²) in [7, 11) is 1.57. The number of amides is 2. The Labute approximate surface area is 96.4 Å². The summed E-state index contributed by atoms with van der Waals surface area (Å²) >= 11 is 0. The third kappa shape index (κ3) is 2.95. The number of rotatable bonds is 3. The third-order valence-electron chi connectivity index (χ3n) is 3.24. The Morgan fingerprint density at radius 3 is 2.38 bits per heavy atom. The van der Waals surface area contributed by atoms with E-state index in [1.807, 2.05) is 6.92 Å². The molecule has 92 valence electrons. The van der Waals surface area contributed by atoms with E-state index >= 15 is 0 Å². The standard InChI is InChI=1S/C11H21N3O2/c1-8(9(15)12-3)14-10(16)11(2)4-6-13-7-5-11/h8,13H,4-7H2,1-3H3,(H,12,15)(H,14,16). The molecule has 5 heteroatoms. The lowest BCUT2D eigenvalue weighted by Gasteiger charge is -2.33. The molecule has 1 fully saturated rings. The minimum Gasteiger partial charge on any atom is -0.357 e. The van der Waals surface area contributed by atoms with Gasteiger partial charge in [0.1, 0.15) is 6.04 Å². The maximum atomic E-state index is 12.0. The quantitative estimate of drug-likeness (QED) is 0.616. The molecule has 1 saturated heterocycles. The Bertz CT molecular complexity index is 272. The van der Waals surface area contributed by atoms with Gasteiger partial charge in [-0.05, 0) is 32.9 Å². The molecule has 1 unspecified atom stereocenters. The zero-order valence-electron chi connectivity index (χ0n) is 10.2. The second kappa shape index (κ2) is 5.30. The second-order valence-corrected chi connectivity index (χ2v) is 4.62. The number of hydrogen-bond acceptors (Lipinski definition) is 3. The van der Waals surface area contributed by atoms with Gasteiger partial charge in [0, 0.05) is 12.5 Å². The van der Waals surface area contributed by atoms with Gasteiger partial charge in [-0.3, -0.25) is 9.59 Å². The molecule has 1 aliphatic rings. The van der Waals surface area contributed by atoms with Gasteiger partial charge in [-0.1, -0.05) is 6.92 Å². The lowest BCUT2D eigenvalue weighted by atomic mass is 9.80. The number of carbonyl (C=O) groups is 2. The lowest BCUT2D eigenvalue weighted by molar-refractivity contribution is -0.135. The van der Waals surface area contributed by atoms with E-state index in [4.69, 9.17) is 0 Å². The van der Waals surface area contributed by atoms with E-state index in [0.29, 0.717) is 0 Å². The van der Waals surface area contributed by atoms with Crippen LogP contribution in [0.4, 0.5) is 0 Å². The minimum absolute atomic E-state index is 0.0231. The van der Waals surface area contributed by atoms with E-state index in [9.17, 15) is 9.59 Å². The van der Waals surface area contributed by atoms with Gasteiger partial charge < -0.3 is 16.0 Å². The minimum atomic E-state index is -0.468. The smallest absolute Gasteiger partial charge is 0.242 e. The summed E-state index contributed by atoms with van der Waals surface area (Å²) in [5.74, 6) is -0.184. The number of hydrogen-bond donors (Lipinski definition) is 3. The predicted molar refractivity (Wildman–Crippen MR) is 61.9 cm³/mol. The van der Waals surface area contributed by atoms with E-state index in [0.717, 1.165) is 25.9 Å². The molecule has 0 aromatic carbocycles. The fourth-order valence-electron chi connectivity index (χ4n) is 1.86. The van der Waals surface area contributed by atoms with Crippen LogP contribution in [-0.4, -0.2) is 38.0 Å². The van der Waals surface area contributed by atoms with Gasteiger partial charge in [-0.2, -0.15) is 0 Å². The van der Waals surface area contributed by atoms with Crippen molar-refractivity contribution in [3.63, 3.8) is 0 Å². The molecule has 1 rings (SSSR count). The number of carbonyl (C=O) groups excluding carboxylic acids is 2. The highest BCUT2D eigenvalue weighted by atomic mass is 16.2. The van der Waals surface area contributed by atoms with Crippen molar-refractivity contribution in [1.82, 2.24) is 16.0 Å². The van der Waals surface area contributed by atoms with Crippen molar-refractivity contribution in [2.24, 2.45) is 5.41 Å². The van der Waals surface area contributed by atoms with Gasteiger partial charge >= 0.3 is 0 Å². The topological polar surface area (TPSA) is 70.2 Å². The van der Waals surface area contributed by atoms with Crippen molar-refractivity contribution in [1.29, 1.82) is 0 Å². The molecule has 3 N–H and O–H groups in total. The first-order valence-corrected chi connectivity index (χ1v) is 5.73. The number of likely N-dealkylation sites (N-methyl/N-ethyl adjacent to an activating group) is 1. The fraction of sp³-hybridized carbons (Fsp3) is 0.818. The zero-order valence-corrected chi connectivity index (χ0v) is 10.2. The van der Waals surface area contributed by atoms with Gasteiger partial charge in [0.25, 0.3) is 0 Å². The Morgan fingerprint density at radius 2 is 1.88 bits per heavy atom. The van der Waals surface area contributed by atoms with E-state index in [1.54, 1.807) is 14.0 Å². The molecule has 5 nitrogen and oxygen atoms in total. The molecule has 0 aromatic heterocycles. The highest BCUT2D eigenvalue weighted by Crippen LogP contribution is 2.27. The average molecular weight is 227 g/mol. The van der Waals surface area contributed by atoms with Crippen LogP contribution in [0.15, 0.2) is 0 Å². The molecular weight excluding hydrogens is 206 g/mol. The summed E-state index contributed by atoms with van der Waals surface area (Å²) in [5.41, 5.74) is -0.340. The predicted octanol–water partition coefficient (Wildman–Crippen LogP) is -0.373. The molecule has 0 bridgehead atoms. The lowest BCUT2D eigenvalue weighted by Crippen LogP contribution is -2.51. The molecule has 1 aliphatic heterocycles. The van der Waals surface area contributed by atoms with Crippen LogP contribution in [0.2, 0.25) is 0 Å². The first-order valence-electron chi connectivity index (χ1n) is 5.73. The second-order valence-electron chi connectivity index (χ2n) is 4.62. The van der Waals surface area contributed by atoms with Crippen molar-refractivity contribution in [2.75, 3.05) is 20.1 Å². The average Bonchev–Trinajstić information content (AvgIpc) is 2.28. The summed E-state index contributed by atoms with van der Waals surface area (Å²) < 4.78 is 0. The van der Waals surface area contributed by atoms with E-state index in [1.165, 1.54) is 0 Å². The van der Waals surface area contributed by atoms with E-state index in [2.05, 4.69) is 16.0 Å². The molecular formula is C11H21N3O2. The van der Waals surface area contributed by atoms with Crippen LogP contribution in [0.1, 0.15) is 26.7 Å². The van der Waals surface area contributed by atoms with Crippen LogP contribution in [-0.2, 0) is 9.59 Å². The first kappa shape index (κ1) is 13.0. The first-order chi connectivity index (χ1) is 7.49. The van der Waals surface area contributed by atoms with Gasteiger partial charge in [0.15, 0.2) is 0 Å². The SMILES string of the molecule is CNC(=O)C(C)NC(=O)C1(C)CCNCC1. The molecule has 2 amide bonds. The molecule has 0 radical (unpaired) electrons. The van der Waals surface area contributed by atoms with Crippen LogP contribution in [0.3, 0.4) is 0 Å².